The van der Waals surface area contributed by atoms with Crippen molar-refractivity contribution in [1.29, 1.82) is 0 Å². The number of rotatable bonds is 1. The SMILES string of the molecule is COc1ccc2c3c1OCc1c(ccc4c1OCO4)C3=C1C(=O)OCC1C2. The largest absolute Gasteiger partial charge is 0.493 e. The first-order valence-corrected chi connectivity index (χ1v) is 8.92. The van der Waals surface area contributed by atoms with Crippen LogP contribution in [0.4, 0.5) is 0 Å². The molecule has 0 spiro atoms. The molecule has 1 atom stereocenters. The van der Waals surface area contributed by atoms with Gasteiger partial charge in [-0.1, -0.05) is 6.07 Å². The molecule has 27 heavy (non-hydrogen) atoms. The normalized spacial score (nSPS) is 20.9. The van der Waals surface area contributed by atoms with Crippen LogP contribution in [-0.4, -0.2) is 26.5 Å². The molecule has 0 bridgehead atoms. The lowest BCUT2D eigenvalue weighted by Crippen LogP contribution is -2.17. The summed E-state index contributed by atoms with van der Waals surface area (Å²) in [6.07, 6.45) is 0.750. The smallest absolute Gasteiger partial charge is 0.335 e. The zero-order valence-electron chi connectivity index (χ0n) is 14.7. The van der Waals surface area contributed by atoms with Gasteiger partial charge in [0.2, 0.25) is 6.79 Å². The lowest BCUT2D eigenvalue weighted by Gasteiger charge is -2.25. The summed E-state index contributed by atoms with van der Waals surface area (Å²) in [4.78, 5) is 12.6. The summed E-state index contributed by atoms with van der Waals surface area (Å²) in [6.45, 7) is 0.911. The lowest BCUT2D eigenvalue weighted by atomic mass is 9.76. The molecule has 1 aliphatic carbocycles. The summed E-state index contributed by atoms with van der Waals surface area (Å²) in [5.74, 6) is 2.50. The highest BCUT2D eigenvalue weighted by Gasteiger charge is 2.42. The van der Waals surface area contributed by atoms with Crippen molar-refractivity contribution in [3.05, 3.63) is 52.1 Å². The van der Waals surface area contributed by atoms with E-state index in [-0.39, 0.29) is 18.7 Å². The monoisotopic (exact) mass is 364 g/mol. The van der Waals surface area contributed by atoms with Gasteiger partial charge in [-0.2, -0.15) is 0 Å². The maximum absolute atomic E-state index is 12.6. The first kappa shape index (κ1) is 15.0. The zero-order valence-corrected chi connectivity index (χ0v) is 14.7. The van der Waals surface area contributed by atoms with E-state index in [4.69, 9.17) is 23.7 Å². The summed E-state index contributed by atoms with van der Waals surface area (Å²) in [5, 5.41) is 0. The van der Waals surface area contributed by atoms with E-state index in [0.29, 0.717) is 36.2 Å². The minimum absolute atomic E-state index is 0.0533. The van der Waals surface area contributed by atoms with E-state index in [0.717, 1.165) is 39.8 Å². The Balaban J connectivity index is 1.73. The van der Waals surface area contributed by atoms with Crippen molar-refractivity contribution in [2.75, 3.05) is 20.5 Å². The molecular formula is C21H16O6. The number of carbonyl (C=O) groups excluding carboxylic acids is 1. The van der Waals surface area contributed by atoms with Crippen molar-refractivity contribution in [2.24, 2.45) is 5.92 Å². The quantitative estimate of drug-likeness (QED) is 0.725. The van der Waals surface area contributed by atoms with E-state index in [9.17, 15) is 4.79 Å². The number of hydrogen-bond donors (Lipinski definition) is 0. The molecule has 6 rings (SSSR count). The van der Waals surface area contributed by atoms with E-state index in [1.807, 2.05) is 18.2 Å². The Morgan fingerprint density at radius 1 is 1.04 bits per heavy atom. The van der Waals surface area contributed by atoms with Crippen molar-refractivity contribution in [3.63, 3.8) is 0 Å². The number of esters is 1. The molecular weight excluding hydrogens is 348 g/mol. The van der Waals surface area contributed by atoms with Gasteiger partial charge in [0.1, 0.15) is 6.61 Å². The minimum Gasteiger partial charge on any atom is -0.493 e. The molecule has 0 radical (unpaired) electrons. The Kier molecular flexibility index (Phi) is 2.88. The molecule has 136 valence electrons. The van der Waals surface area contributed by atoms with Crippen molar-refractivity contribution in [3.8, 4) is 23.0 Å². The van der Waals surface area contributed by atoms with Gasteiger partial charge in [0.05, 0.1) is 19.3 Å². The van der Waals surface area contributed by atoms with Crippen molar-refractivity contribution in [2.45, 2.75) is 13.0 Å². The molecule has 2 aromatic rings. The molecule has 6 nitrogen and oxygen atoms in total. The van der Waals surface area contributed by atoms with Crippen LogP contribution >= 0.6 is 0 Å². The van der Waals surface area contributed by atoms with Gasteiger partial charge in [0, 0.05) is 22.6 Å². The van der Waals surface area contributed by atoms with Gasteiger partial charge in [0.15, 0.2) is 23.0 Å². The molecule has 0 aromatic heterocycles. The van der Waals surface area contributed by atoms with Crippen LogP contribution in [0.15, 0.2) is 29.8 Å². The Labute approximate surface area is 155 Å². The average Bonchev–Trinajstić information content (AvgIpc) is 3.27. The summed E-state index contributed by atoms with van der Waals surface area (Å²) in [5.41, 5.74) is 5.49. The maximum Gasteiger partial charge on any atom is 0.335 e. The summed E-state index contributed by atoms with van der Waals surface area (Å²) in [6, 6.07) is 7.86. The van der Waals surface area contributed by atoms with E-state index < -0.39 is 0 Å². The second-order valence-corrected chi connectivity index (χ2v) is 7.03. The third-order valence-electron chi connectivity index (χ3n) is 5.73. The predicted molar refractivity (Wildman–Crippen MR) is 94.1 cm³/mol. The highest BCUT2D eigenvalue weighted by molar-refractivity contribution is 6.07. The Morgan fingerprint density at radius 3 is 2.85 bits per heavy atom. The second kappa shape index (κ2) is 5.19. The zero-order chi connectivity index (χ0) is 18.1. The molecule has 0 amide bonds. The fourth-order valence-electron chi connectivity index (χ4n) is 4.56. The topological polar surface area (TPSA) is 63.2 Å². The average molecular weight is 364 g/mol. The molecule has 1 saturated heterocycles. The molecule has 6 heteroatoms. The first-order chi connectivity index (χ1) is 13.3. The number of methoxy groups -OCH3 is 1. The van der Waals surface area contributed by atoms with Crippen LogP contribution in [0.5, 0.6) is 23.0 Å². The van der Waals surface area contributed by atoms with Crippen molar-refractivity contribution < 1.29 is 28.5 Å². The number of benzene rings is 2. The number of fused-ring (bicyclic) bond motifs is 5. The van der Waals surface area contributed by atoms with E-state index in [1.54, 1.807) is 7.11 Å². The molecule has 0 N–H and O–H groups in total. The van der Waals surface area contributed by atoms with Gasteiger partial charge in [-0.15, -0.1) is 0 Å². The Hall–Kier alpha value is -3.15. The van der Waals surface area contributed by atoms with Crippen molar-refractivity contribution in [1.82, 2.24) is 0 Å². The van der Waals surface area contributed by atoms with E-state index in [2.05, 4.69) is 6.07 Å². The van der Waals surface area contributed by atoms with Crippen LogP contribution in [0.1, 0.15) is 22.3 Å². The number of carbonyl (C=O) groups is 1. The Morgan fingerprint density at radius 2 is 1.96 bits per heavy atom. The van der Waals surface area contributed by atoms with Crippen LogP contribution in [0, 0.1) is 5.92 Å². The fourth-order valence-corrected chi connectivity index (χ4v) is 4.56. The molecule has 2 aromatic carbocycles. The van der Waals surface area contributed by atoms with Crippen LogP contribution in [0.25, 0.3) is 5.57 Å². The van der Waals surface area contributed by atoms with Gasteiger partial charge in [-0.05, 0) is 35.7 Å². The maximum atomic E-state index is 12.6. The summed E-state index contributed by atoms with van der Waals surface area (Å²) < 4.78 is 28.4. The number of hydrogen-bond acceptors (Lipinski definition) is 6. The molecule has 1 unspecified atom stereocenters. The van der Waals surface area contributed by atoms with Gasteiger partial charge >= 0.3 is 5.97 Å². The van der Waals surface area contributed by atoms with Gasteiger partial charge in [-0.3, -0.25) is 0 Å². The molecule has 1 fully saturated rings. The third-order valence-corrected chi connectivity index (χ3v) is 5.73. The molecule has 4 aliphatic rings. The van der Waals surface area contributed by atoms with Crippen LogP contribution in [-0.2, 0) is 22.6 Å². The van der Waals surface area contributed by atoms with Crippen molar-refractivity contribution >= 4 is 11.5 Å². The van der Waals surface area contributed by atoms with Gasteiger partial charge < -0.3 is 23.7 Å². The first-order valence-electron chi connectivity index (χ1n) is 8.92. The number of ether oxygens (including phenoxy) is 5. The predicted octanol–water partition coefficient (Wildman–Crippen LogP) is 2.85. The lowest BCUT2D eigenvalue weighted by molar-refractivity contribution is -0.135. The molecule has 0 saturated carbocycles. The Bertz CT molecular complexity index is 1050. The minimum atomic E-state index is -0.250. The van der Waals surface area contributed by atoms with Crippen LogP contribution in [0.2, 0.25) is 0 Å². The van der Waals surface area contributed by atoms with Gasteiger partial charge in [-0.25, -0.2) is 4.79 Å². The molecule has 3 heterocycles. The highest BCUT2D eigenvalue weighted by atomic mass is 16.7. The van der Waals surface area contributed by atoms with E-state index in [1.165, 1.54) is 0 Å². The molecule has 3 aliphatic heterocycles. The standard InChI is InChI=1S/C21H16O6/c1-23-14-4-2-10-6-11-7-25-21(22)17(11)18-12-3-5-15-19(27-9-26-15)13(12)8-24-20(14)16(10)18/h2-5,11H,6-9H2,1H3. The summed E-state index contributed by atoms with van der Waals surface area (Å²) >= 11 is 0. The summed E-state index contributed by atoms with van der Waals surface area (Å²) in [7, 11) is 1.62. The second-order valence-electron chi connectivity index (χ2n) is 7.03. The van der Waals surface area contributed by atoms with Crippen LogP contribution in [0.3, 0.4) is 0 Å². The fraction of sp³-hybridized carbons (Fsp3) is 0.286. The van der Waals surface area contributed by atoms with E-state index >= 15 is 0 Å². The van der Waals surface area contributed by atoms with Crippen LogP contribution < -0.4 is 18.9 Å². The number of cyclic esters (lactones) is 1. The third kappa shape index (κ3) is 1.87. The highest BCUT2D eigenvalue weighted by Crippen LogP contribution is 2.53. The van der Waals surface area contributed by atoms with Gasteiger partial charge in [0.25, 0.3) is 0 Å².